The van der Waals surface area contributed by atoms with Gasteiger partial charge >= 0.3 is 0 Å². The number of aliphatic hydroxyl groups is 2. The van der Waals surface area contributed by atoms with E-state index in [4.69, 9.17) is 0 Å². The van der Waals surface area contributed by atoms with Gasteiger partial charge in [-0.2, -0.15) is 0 Å². The van der Waals surface area contributed by atoms with Crippen molar-refractivity contribution in [2.24, 2.45) is 0 Å². The summed E-state index contributed by atoms with van der Waals surface area (Å²) in [5.41, 5.74) is -0.835. The van der Waals surface area contributed by atoms with E-state index >= 15 is 0 Å². The fraction of sp³-hybridized carbons (Fsp3) is 1.00. The van der Waals surface area contributed by atoms with E-state index in [0.29, 0.717) is 19.3 Å². The summed E-state index contributed by atoms with van der Waals surface area (Å²) in [5.74, 6) is 0. The van der Waals surface area contributed by atoms with Crippen LogP contribution in [0, 0.1) is 0 Å². The van der Waals surface area contributed by atoms with Crippen LogP contribution >= 0.6 is 0 Å². The van der Waals surface area contributed by atoms with E-state index in [-0.39, 0.29) is 0 Å². The highest BCUT2D eigenvalue weighted by Gasteiger charge is 2.32. The minimum atomic E-state index is -0.835. The lowest BCUT2D eigenvalue weighted by molar-refractivity contribution is -0.0874. The van der Waals surface area contributed by atoms with Gasteiger partial charge < -0.3 is 10.2 Å². The first kappa shape index (κ1) is 11.9. The molecule has 0 aromatic carbocycles. The molecule has 12 heavy (non-hydrogen) atoms. The van der Waals surface area contributed by atoms with Crippen LogP contribution in [0.5, 0.6) is 0 Å². The lowest BCUT2D eigenvalue weighted by Crippen LogP contribution is -2.41. The second-order valence-corrected chi connectivity index (χ2v) is 3.53. The van der Waals surface area contributed by atoms with E-state index < -0.39 is 11.7 Å². The van der Waals surface area contributed by atoms with Gasteiger partial charge in [-0.25, -0.2) is 0 Å². The van der Waals surface area contributed by atoms with Crippen LogP contribution in [0.15, 0.2) is 0 Å². The van der Waals surface area contributed by atoms with Crippen molar-refractivity contribution in [1.82, 2.24) is 0 Å². The Hall–Kier alpha value is -0.0800. The van der Waals surface area contributed by atoms with Gasteiger partial charge in [-0.15, -0.1) is 0 Å². The van der Waals surface area contributed by atoms with Crippen molar-refractivity contribution in [3.05, 3.63) is 0 Å². The smallest absolute Gasteiger partial charge is 0.0905 e. The molecule has 0 saturated carbocycles. The molecule has 1 unspecified atom stereocenters. The second-order valence-electron chi connectivity index (χ2n) is 3.53. The minimum Gasteiger partial charge on any atom is -0.390 e. The molecule has 0 aliphatic heterocycles. The molecular weight excluding hydrogens is 152 g/mol. The zero-order valence-corrected chi connectivity index (χ0v) is 8.51. The summed E-state index contributed by atoms with van der Waals surface area (Å²) >= 11 is 0. The Morgan fingerprint density at radius 1 is 1.08 bits per heavy atom. The lowest BCUT2D eigenvalue weighted by Gasteiger charge is -2.32. The van der Waals surface area contributed by atoms with Gasteiger partial charge in [-0.3, -0.25) is 0 Å². The number of hydrogen-bond acceptors (Lipinski definition) is 2. The van der Waals surface area contributed by atoms with Crippen molar-refractivity contribution in [1.29, 1.82) is 0 Å². The van der Waals surface area contributed by atoms with Crippen molar-refractivity contribution in [3.63, 3.8) is 0 Å². The van der Waals surface area contributed by atoms with Gasteiger partial charge in [0.25, 0.3) is 0 Å². The summed E-state index contributed by atoms with van der Waals surface area (Å²) in [4.78, 5) is 0. The first-order valence-electron chi connectivity index (χ1n) is 5.01. The van der Waals surface area contributed by atoms with Crippen LogP contribution in [-0.2, 0) is 0 Å². The third-order valence-corrected chi connectivity index (χ3v) is 2.37. The van der Waals surface area contributed by atoms with E-state index in [1.165, 1.54) is 0 Å². The van der Waals surface area contributed by atoms with Crippen LogP contribution < -0.4 is 0 Å². The molecule has 1 atom stereocenters. The van der Waals surface area contributed by atoms with Crippen molar-refractivity contribution < 1.29 is 10.2 Å². The van der Waals surface area contributed by atoms with Crippen LogP contribution in [0.4, 0.5) is 0 Å². The molecule has 0 amide bonds. The van der Waals surface area contributed by atoms with Crippen LogP contribution in [0.1, 0.15) is 52.9 Å². The van der Waals surface area contributed by atoms with E-state index in [0.717, 1.165) is 12.8 Å². The van der Waals surface area contributed by atoms with Gasteiger partial charge in [-0.1, -0.05) is 33.6 Å². The molecule has 0 rings (SSSR count). The van der Waals surface area contributed by atoms with Crippen LogP contribution in [0.2, 0.25) is 0 Å². The SMILES string of the molecule is CCCC(O)(CCC)C(O)CC. The average Bonchev–Trinajstić information content (AvgIpc) is 2.04. The summed E-state index contributed by atoms with van der Waals surface area (Å²) < 4.78 is 0. The lowest BCUT2D eigenvalue weighted by atomic mass is 9.86. The zero-order valence-electron chi connectivity index (χ0n) is 8.51. The molecule has 0 aliphatic rings. The van der Waals surface area contributed by atoms with Gasteiger partial charge in [0.2, 0.25) is 0 Å². The Morgan fingerprint density at radius 3 is 1.75 bits per heavy atom. The third kappa shape index (κ3) is 3.11. The fourth-order valence-corrected chi connectivity index (χ4v) is 1.70. The zero-order chi connectivity index (χ0) is 9.61. The van der Waals surface area contributed by atoms with E-state index in [2.05, 4.69) is 0 Å². The molecule has 0 aliphatic carbocycles. The quantitative estimate of drug-likeness (QED) is 0.647. The molecule has 0 aromatic heterocycles. The Balaban J connectivity index is 4.15. The Labute approximate surface area is 75.6 Å². The fourth-order valence-electron chi connectivity index (χ4n) is 1.70. The molecule has 0 saturated heterocycles. The minimum absolute atomic E-state index is 0.558. The predicted octanol–water partition coefficient (Wildman–Crippen LogP) is 2.09. The average molecular weight is 174 g/mol. The summed E-state index contributed by atoms with van der Waals surface area (Å²) in [5, 5.41) is 19.6. The maximum absolute atomic E-state index is 10.0. The van der Waals surface area contributed by atoms with Crippen LogP contribution in [0.25, 0.3) is 0 Å². The third-order valence-electron chi connectivity index (χ3n) is 2.37. The summed E-state index contributed by atoms with van der Waals surface area (Å²) in [6, 6.07) is 0. The molecule has 74 valence electrons. The highest BCUT2D eigenvalue weighted by Crippen LogP contribution is 2.25. The Morgan fingerprint density at radius 2 is 1.50 bits per heavy atom. The van der Waals surface area contributed by atoms with Gasteiger partial charge in [0.15, 0.2) is 0 Å². The van der Waals surface area contributed by atoms with Crippen molar-refractivity contribution in [2.45, 2.75) is 64.6 Å². The standard InChI is InChI=1S/C10H22O2/c1-4-7-10(12,8-5-2)9(11)6-3/h9,11-12H,4-8H2,1-3H3. The molecule has 0 heterocycles. The highest BCUT2D eigenvalue weighted by molar-refractivity contribution is 4.84. The first-order chi connectivity index (χ1) is 5.60. The number of hydrogen-bond donors (Lipinski definition) is 2. The second kappa shape index (κ2) is 5.55. The molecule has 0 spiro atoms. The van der Waals surface area contributed by atoms with Crippen LogP contribution in [-0.4, -0.2) is 21.9 Å². The van der Waals surface area contributed by atoms with Crippen molar-refractivity contribution >= 4 is 0 Å². The van der Waals surface area contributed by atoms with E-state index in [1.54, 1.807) is 0 Å². The maximum atomic E-state index is 10.0. The van der Waals surface area contributed by atoms with Gasteiger partial charge in [0, 0.05) is 0 Å². The molecule has 0 aromatic rings. The van der Waals surface area contributed by atoms with Gasteiger partial charge in [-0.05, 0) is 19.3 Å². The summed E-state index contributed by atoms with van der Waals surface area (Å²) in [6.07, 6.45) is 3.33. The Bertz CT molecular complexity index is 106. The monoisotopic (exact) mass is 174 g/mol. The van der Waals surface area contributed by atoms with Gasteiger partial charge in [0.05, 0.1) is 11.7 Å². The molecule has 0 bridgehead atoms. The van der Waals surface area contributed by atoms with E-state index in [1.807, 2.05) is 20.8 Å². The molecule has 2 nitrogen and oxygen atoms in total. The normalized spacial score (nSPS) is 14.8. The molecule has 0 fully saturated rings. The van der Waals surface area contributed by atoms with Gasteiger partial charge in [0.1, 0.15) is 0 Å². The van der Waals surface area contributed by atoms with Crippen molar-refractivity contribution in [3.8, 4) is 0 Å². The number of rotatable bonds is 6. The highest BCUT2D eigenvalue weighted by atomic mass is 16.3. The molecule has 2 heteroatoms. The predicted molar refractivity (Wildman–Crippen MR) is 51.1 cm³/mol. The van der Waals surface area contributed by atoms with Crippen molar-refractivity contribution in [2.75, 3.05) is 0 Å². The Kier molecular flexibility index (Phi) is 5.51. The topological polar surface area (TPSA) is 40.5 Å². The first-order valence-corrected chi connectivity index (χ1v) is 5.01. The summed E-state index contributed by atoms with van der Waals surface area (Å²) in [7, 11) is 0. The van der Waals surface area contributed by atoms with Crippen LogP contribution in [0.3, 0.4) is 0 Å². The summed E-state index contributed by atoms with van der Waals surface area (Å²) in [6.45, 7) is 5.97. The molecular formula is C10H22O2. The molecule has 2 N–H and O–H groups in total. The number of aliphatic hydroxyl groups excluding tert-OH is 1. The maximum Gasteiger partial charge on any atom is 0.0905 e. The molecule has 0 radical (unpaired) electrons. The largest absolute Gasteiger partial charge is 0.390 e. The van der Waals surface area contributed by atoms with E-state index in [9.17, 15) is 10.2 Å².